The molecule has 4 aromatic rings. The van der Waals surface area contributed by atoms with Gasteiger partial charge in [-0.3, -0.25) is 9.78 Å². The zero-order chi connectivity index (χ0) is 27.6. The van der Waals surface area contributed by atoms with Crippen LogP contribution < -0.4 is 16.0 Å². The minimum Gasteiger partial charge on any atom is -0.317 e. The average Bonchev–Trinajstić information content (AvgIpc) is 2.93. The summed E-state index contributed by atoms with van der Waals surface area (Å²) in [6.45, 7) is 1.86. The van der Waals surface area contributed by atoms with Gasteiger partial charge in [-0.05, 0) is 86.6 Å². The van der Waals surface area contributed by atoms with Crippen LogP contribution >= 0.6 is 0 Å². The van der Waals surface area contributed by atoms with Crippen LogP contribution in [0.5, 0.6) is 0 Å². The Hall–Kier alpha value is -4.38. The van der Waals surface area contributed by atoms with Gasteiger partial charge in [0.05, 0.1) is 22.3 Å². The first-order valence-electron chi connectivity index (χ1n) is 12.2. The molecule has 0 radical (unpaired) electrons. The highest BCUT2D eigenvalue weighted by molar-refractivity contribution is 6.10. The lowest BCUT2D eigenvalue weighted by Gasteiger charge is -2.21. The minimum atomic E-state index is -4.90. The van der Waals surface area contributed by atoms with Gasteiger partial charge < -0.3 is 16.0 Å². The fourth-order valence-electron chi connectivity index (χ4n) is 4.47. The van der Waals surface area contributed by atoms with Gasteiger partial charge in [-0.2, -0.15) is 13.2 Å². The highest BCUT2D eigenvalue weighted by atomic mass is 19.4. The van der Waals surface area contributed by atoms with Gasteiger partial charge in [0, 0.05) is 34.6 Å². The first-order valence-corrected chi connectivity index (χ1v) is 12.2. The fraction of sp³-hybridized carbons (Fsp3) is 0.214. The van der Waals surface area contributed by atoms with Gasteiger partial charge in [0.15, 0.2) is 5.78 Å². The number of anilines is 2. The molecule has 5 rings (SSSR count). The molecule has 1 aliphatic heterocycles. The van der Waals surface area contributed by atoms with E-state index in [2.05, 4.69) is 20.9 Å². The molecular weight excluding hydrogens is 514 g/mol. The molecule has 1 aliphatic rings. The maximum atomic E-state index is 13.5. The quantitative estimate of drug-likeness (QED) is 0.210. The van der Waals surface area contributed by atoms with E-state index < -0.39 is 23.6 Å². The maximum absolute atomic E-state index is 13.5. The number of rotatable bonds is 5. The number of carbonyl (C=O) groups excluding carboxylic acids is 2. The molecule has 1 fully saturated rings. The van der Waals surface area contributed by atoms with Gasteiger partial charge in [0.25, 0.3) is 0 Å². The number of aromatic nitrogens is 2. The van der Waals surface area contributed by atoms with Crippen LogP contribution in [0.3, 0.4) is 0 Å². The van der Waals surface area contributed by atoms with Crippen LogP contribution in [0.4, 0.5) is 33.7 Å². The molecule has 0 spiro atoms. The Morgan fingerprint density at radius 2 is 1.51 bits per heavy atom. The Bertz CT molecular complexity index is 1530. The number of carbonyl (C=O) groups is 2. The molecule has 39 heavy (non-hydrogen) atoms. The fourth-order valence-corrected chi connectivity index (χ4v) is 4.47. The molecule has 3 N–H and O–H groups in total. The number of benzene rings is 3. The summed E-state index contributed by atoms with van der Waals surface area (Å²) in [7, 11) is 0. The highest BCUT2D eigenvalue weighted by Gasteiger charge is 2.34. The van der Waals surface area contributed by atoms with Crippen molar-refractivity contribution in [3.05, 3.63) is 95.1 Å². The monoisotopic (exact) mass is 537 g/mol. The lowest BCUT2D eigenvalue weighted by molar-refractivity contribution is -0.139. The van der Waals surface area contributed by atoms with E-state index in [-0.39, 0.29) is 11.5 Å². The number of nitrogens with zero attached hydrogens (tertiary/aromatic N) is 2. The summed E-state index contributed by atoms with van der Waals surface area (Å²) in [5, 5.41) is 8.04. The van der Waals surface area contributed by atoms with Crippen LogP contribution in [0.1, 0.15) is 45.9 Å². The zero-order valence-electron chi connectivity index (χ0n) is 20.5. The second-order valence-corrected chi connectivity index (χ2v) is 9.20. The van der Waals surface area contributed by atoms with Crippen molar-refractivity contribution < 1.29 is 27.2 Å². The van der Waals surface area contributed by atoms with Gasteiger partial charge in [-0.25, -0.2) is 14.2 Å². The number of alkyl halides is 3. The molecule has 0 bridgehead atoms. The number of nitrogens with one attached hydrogen (secondary N) is 3. The molecule has 200 valence electrons. The number of ketones is 1. The minimum absolute atomic E-state index is 0.226. The third-order valence-electron chi connectivity index (χ3n) is 6.52. The summed E-state index contributed by atoms with van der Waals surface area (Å²) >= 11 is 0. The van der Waals surface area contributed by atoms with E-state index in [1.807, 2.05) is 0 Å². The third-order valence-corrected chi connectivity index (χ3v) is 6.52. The molecule has 0 aliphatic carbocycles. The summed E-state index contributed by atoms with van der Waals surface area (Å²) < 4.78 is 52.2. The summed E-state index contributed by atoms with van der Waals surface area (Å²) in [5.74, 6) is -1.35. The Morgan fingerprint density at radius 1 is 0.846 bits per heavy atom. The molecule has 0 atom stereocenters. The second kappa shape index (κ2) is 10.8. The Kier molecular flexibility index (Phi) is 7.25. The zero-order valence-corrected chi connectivity index (χ0v) is 20.5. The molecule has 0 saturated carbocycles. The second-order valence-electron chi connectivity index (χ2n) is 9.20. The van der Waals surface area contributed by atoms with Gasteiger partial charge in [0.2, 0.25) is 0 Å². The topological polar surface area (TPSA) is 96.0 Å². The molecule has 7 nitrogen and oxygen atoms in total. The van der Waals surface area contributed by atoms with Gasteiger partial charge in [-0.1, -0.05) is 0 Å². The van der Waals surface area contributed by atoms with E-state index >= 15 is 0 Å². The Morgan fingerprint density at radius 3 is 2.23 bits per heavy atom. The van der Waals surface area contributed by atoms with Crippen molar-refractivity contribution in [3.8, 4) is 0 Å². The van der Waals surface area contributed by atoms with Gasteiger partial charge in [0.1, 0.15) is 5.82 Å². The molecular formula is C28H23F4N5O2. The van der Waals surface area contributed by atoms with Crippen LogP contribution in [0, 0.1) is 5.82 Å². The van der Waals surface area contributed by atoms with Crippen LogP contribution in [-0.4, -0.2) is 34.9 Å². The number of halogens is 4. The van der Waals surface area contributed by atoms with E-state index in [1.54, 1.807) is 24.4 Å². The summed E-state index contributed by atoms with van der Waals surface area (Å²) in [5.41, 5.74) is 1.65. The predicted molar refractivity (Wildman–Crippen MR) is 138 cm³/mol. The van der Waals surface area contributed by atoms with Crippen molar-refractivity contribution in [1.29, 1.82) is 0 Å². The van der Waals surface area contributed by atoms with E-state index in [1.165, 1.54) is 24.3 Å². The number of urea groups is 1. The largest absolute Gasteiger partial charge is 0.419 e. The number of hydrogen-bond donors (Lipinski definition) is 3. The van der Waals surface area contributed by atoms with Crippen molar-refractivity contribution in [2.45, 2.75) is 24.9 Å². The first-order chi connectivity index (χ1) is 18.7. The Labute approximate surface area is 220 Å². The van der Waals surface area contributed by atoms with Gasteiger partial charge in [-0.15, -0.1) is 0 Å². The predicted octanol–water partition coefficient (Wildman–Crippen LogP) is 6.13. The smallest absolute Gasteiger partial charge is 0.317 e. The van der Waals surface area contributed by atoms with E-state index in [9.17, 15) is 27.2 Å². The SMILES string of the molecule is O=C(Nc1ccc(C(=O)c2ccc3ncc(C4CCNCC4)nc3c2)cc1)Nc1ccc(F)c(C(F)(F)F)c1. The van der Waals surface area contributed by atoms with Crippen molar-refractivity contribution in [2.24, 2.45) is 0 Å². The molecule has 11 heteroatoms. The van der Waals surface area contributed by atoms with Crippen LogP contribution in [0.15, 0.2) is 66.9 Å². The van der Waals surface area contributed by atoms with Crippen molar-refractivity contribution >= 4 is 34.2 Å². The molecule has 0 unspecified atom stereocenters. The molecule has 1 aromatic heterocycles. The first kappa shape index (κ1) is 26.2. The summed E-state index contributed by atoms with van der Waals surface area (Å²) in [6, 6.07) is 12.5. The lowest BCUT2D eigenvalue weighted by Crippen LogP contribution is -2.27. The van der Waals surface area contributed by atoms with Crippen molar-refractivity contribution in [3.63, 3.8) is 0 Å². The number of hydrogen-bond acceptors (Lipinski definition) is 5. The van der Waals surface area contributed by atoms with Gasteiger partial charge >= 0.3 is 12.2 Å². The number of amides is 2. The van der Waals surface area contributed by atoms with Crippen LogP contribution in [0.2, 0.25) is 0 Å². The molecule has 2 amide bonds. The summed E-state index contributed by atoms with van der Waals surface area (Å²) in [6.07, 6.45) is -1.13. The van der Waals surface area contributed by atoms with E-state index in [4.69, 9.17) is 4.98 Å². The van der Waals surface area contributed by atoms with E-state index in [0.29, 0.717) is 45.9 Å². The normalized spacial score (nSPS) is 14.3. The standard InChI is InChI=1S/C28H23F4N5O2/c29-22-7-6-20(14-21(22)28(30,31)32)36-27(39)35-19-4-1-17(2-5-19)26(38)18-3-8-23-24(13-18)37-25(15-34-23)16-9-11-33-12-10-16/h1-8,13-16,33H,9-12H2,(H2,35,36,39). The number of piperidine rings is 1. The van der Waals surface area contributed by atoms with Crippen molar-refractivity contribution in [1.82, 2.24) is 15.3 Å². The highest BCUT2D eigenvalue weighted by Crippen LogP contribution is 2.33. The summed E-state index contributed by atoms with van der Waals surface area (Å²) in [4.78, 5) is 34.6. The van der Waals surface area contributed by atoms with Crippen LogP contribution in [-0.2, 0) is 6.18 Å². The third kappa shape index (κ3) is 6.04. The maximum Gasteiger partial charge on any atom is 0.419 e. The van der Waals surface area contributed by atoms with E-state index in [0.717, 1.165) is 37.7 Å². The van der Waals surface area contributed by atoms with Crippen LogP contribution in [0.25, 0.3) is 11.0 Å². The average molecular weight is 538 g/mol. The number of fused-ring (bicyclic) bond motifs is 1. The molecule has 2 heterocycles. The molecule has 1 saturated heterocycles. The Balaban J connectivity index is 1.26. The lowest BCUT2D eigenvalue weighted by atomic mass is 9.95. The van der Waals surface area contributed by atoms with Crippen molar-refractivity contribution in [2.75, 3.05) is 23.7 Å². The molecule has 3 aromatic carbocycles.